The quantitative estimate of drug-likeness (QED) is 0.472. The smallest absolute Gasteiger partial charge is 0.0901 e. The molecule has 0 saturated heterocycles. The summed E-state index contributed by atoms with van der Waals surface area (Å²) in [6, 6.07) is 17.2. The van der Waals surface area contributed by atoms with E-state index in [0.717, 1.165) is 11.3 Å². The molecular weight excluding hydrogens is 240 g/mol. The summed E-state index contributed by atoms with van der Waals surface area (Å²) in [5.41, 5.74) is 2.29. The molecule has 1 N–H and O–H groups in total. The molecule has 2 nitrogen and oxygen atoms in total. The Bertz CT molecular complexity index is 793. The summed E-state index contributed by atoms with van der Waals surface area (Å²) in [7, 11) is 0. The molecule has 0 bridgehead atoms. The Morgan fingerprint density at radius 3 is 2.78 bits per heavy atom. The average molecular weight is 250 g/mol. The molecule has 0 spiro atoms. The highest BCUT2D eigenvalue weighted by atomic mass is 32.2. The summed E-state index contributed by atoms with van der Waals surface area (Å²) >= 11 is 1.37. The van der Waals surface area contributed by atoms with Crippen LogP contribution in [0.4, 0.5) is 5.69 Å². The lowest BCUT2D eigenvalue weighted by Gasteiger charge is -2.13. The van der Waals surface area contributed by atoms with Gasteiger partial charge < -0.3 is 4.72 Å². The summed E-state index contributed by atoms with van der Waals surface area (Å²) < 4.78 is 7.41. The third kappa shape index (κ3) is 1.41. The second kappa shape index (κ2) is 3.75. The minimum absolute atomic E-state index is 1.14. The van der Waals surface area contributed by atoms with E-state index in [1.54, 1.807) is 0 Å². The first-order valence-electron chi connectivity index (χ1n) is 5.83. The third-order valence-electron chi connectivity index (χ3n) is 3.32. The summed E-state index contributed by atoms with van der Waals surface area (Å²) in [4.78, 5) is 0. The highest BCUT2D eigenvalue weighted by molar-refractivity contribution is 7.99. The first-order chi connectivity index (χ1) is 8.92. The van der Waals surface area contributed by atoms with Crippen molar-refractivity contribution in [2.45, 2.75) is 0 Å². The van der Waals surface area contributed by atoms with Crippen LogP contribution in [0, 0.1) is 0 Å². The Kier molecular flexibility index (Phi) is 2.08. The molecule has 1 aliphatic rings. The normalized spacial score (nSPS) is 13.6. The molecule has 3 heteroatoms. The van der Waals surface area contributed by atoms with Gasteiger partial charge in [-0.15, -0.1) is 0 Å². The first-order valence-corrected chi connectivity index (χ1v) is 6.60. The van der Waals surface area contributed by atoms with Gasteiger partial charge in [0.1, 0.15) is 0 Å². The van der Waals surface area contributed by atoms with Crippen LogP contribution in [0.5, 0.6) is 0 Å². The first kappa shape index (κ1) is 9.97. The molecule has 0 amide bonds. The molecular formula is C15H10N2S. The summed E-state index contributed by atoms with van der Waals surface area (Å²) in [6.07, 6.45) is 1.91. The molecule has 0 unspecified atom stereocenters. The van der Waals surface area contributed by atoms with Gasteiger partial charge in [0.25, 0.3) is 0 Å². The van der Waals surface area contributed by atoms with Crippen molar-refractivity contribution in [3.8, 4) is 0 Å². The Hall–Kier alpha value is -2.00. The standard InChI is InChI=1S/C15H10N2S/c1-2-4-13-10(3-1)5-6-11-8-15-12(7-14(11)13)9-16-18-17-15/h1-9,17H. The third-order valence-corrected chi connectivity index (χ3v) is 3.84. The highest BCUT2D eigenvalue weighted by Crippen LogP contribution is 2.32. The predicted octanol–water partition coefficient (Wildman–Crippen LogP) is 4.40. The summed E-state index contributed by atoms with van der Waals surface area (Å²) in [5, 5.41) is 5.12. The van der Waals surface area contributed by atoms with Gasteiger partial charge in [0.05, 0.1) is 17.8 Å². The van der Waals surface area contributed by atoms with Crippen molar-refractivity contribution in [1.29, 1.82) is 0 Å². The van der Waals surface area contributed by atoms with Crippen LogP contribution in [0.25, 0.3) is 21.5 Å². The van der Waals surface area contributed by atoms with Crippen molar-refractivity contribution in [3.63, 3.8) is 0 Å². The second-order valence-corrected chi connectivity index (χ2v) is 4.97. The molecule has 3 aromatic rings. The van der Waals surface area contributed by atoms with Crippen molar-refractivity contribution in [1.82, 2.24) is 0 Å². The van der Waals surface area contributed by atoms with Crippen molar-refractivity contribution in [3.05, 3.63) is 54.1 Å². The molecule has 0 aromatic heterocycles. The molecule has 0 radical (unpaired) electrons. The second-order valence-electron chi connectivity index (χ2n) is 4.38. The fourth-order valence-electron chi connectivity index (χ4n) is 2.43. The van der Waals surface area contributed by atoms with Crippen molar-refractivity contribution < 1.29 is 0 Å². The summed E-state index contributed by atoms with van der Waals surface area (Å²) in [5.74, 6) is 0. The zero-order valence-corrected chi connectivity index (χ0v) is 10.4. The molecule has 86 valence electrons. The van der Waals surface area contributed by atoms with Crippen LogP contribution in [0.2, 0.25) is 0 Å². The molecule has 0 aliphatic carbocycles. The van der Waals surface area contributed by atoms with Crippen LogP contribution < -0.4 is 4.72 Å². The van der Waals surface area contributed by atoms with Crippen LogP contribution in [-0.2, 0) is 0 Å². The summed E-state index contributed by atoms with van der Waals surface area (Å²) in [6.45, 7) is 0. The van der Waals surface area contributed by atoms with E-state index in [0.29, 0.717) is 0 Å². The van der Waals surface area contributed by atoms with Crippen molar-refractivity contribution in [2.75, 3.05) is 4.72 Å². The molecule has 18 heavy (non-hydrogen) atoms. The van der Waals surface area contributed by atoms with Crippen LogP contribution in [0.3, 0.4) is 0 Å². The van der Waals surface area contributed by atoms with E-state index < -0.39 is 0 Å². The Labute approximate surface area is 109 Å². The van der Waals surface area contributed by atoms with Crippen molar-refractivity contribution in [2.24, 2.45) is 4.40 Å². The highest BCUT2D eigenvalue weighted by Gasteiger charge is 2.08. The maximum Gasteiger partial charge on any atom is 0.0901 e. The van der Waals surface area contributed by atoms with Gasteiger partial charge in [-0.1, -0.05) is 36.4 Å². The minimum atomic E-state index is 1.14. The lowest BCUT2D eigenvalue weighted by Crippen LogP contribution is -1.97. The van der Waals surface area contributed by atoms with Crippen LogP contribution in [0.1, 0.15) is 5.56 Å². The Morgan fingerprint density at radius 2 is 1.78 bits per heavy atom. The number of fused-ring (bicyclic) bond motifs is 4. The van der Waals surface area contributed by atoms with E-state index in [1.807, 2.05) is 6.21 Å². The number of benzene rings is 3. The molecule has 1 aliphatic heterocycles. The van der Waals surface area contributed by atoms with E-state index in [-0.39, 0.29) is 0 Å². The average Bonchev–Trinajstić information content (AvgIpc) is 2.45. The topological polar surface area (TPSA) is 24.4 Å². The van der Waals surface area contributed by atoms with Crippen LogP contribution in [0.15, 0.2) is 52.9 Å². The number of rotatable bonds is 0. The zero-order chi connectivity index (χ0) is 11.9. The molecule has 4 rings (SSSR count). The predicted molar refractivity (Wildman–Crippen MR) is 80.3 cm³/mol. The Balaban J connectivity index is 2.16. The van der Waals surface area contributed by atoms with Gasteiger partial charge in [0.2, 0.25) is 0 Å². The molecule has 0 saturated carbocycles. The SMILES string of the molecule is C1=NSNc2cc3ccc4ccccc4c3cc21. The molecule has 0 fully saturated rings. The number of nitrogens with one attached hydrogen (secondary N) is 1. The lowest BCUT2D eigenvalue weighted by molar-refractivity contribution is 1.67. The number of hydrogen-bond donors (Lipinski definition) is 1. The van der Waals surface area contributed by atoms with Gasteiger partial charge in [-0.05, 0) is 33.7 Å². The Morgan fingerprint density at radius 1 is 0.889 bits per heavy atom. The zero-order valence-electron chi connectivity index (χ0n) is 9.55. The van der Waals surface area contributed by atoms with Gasteiger partial charge in [-0.2, -0.15) is 0 Å². The fraction of sp³-hybridized carbons (Fsp3) is 0. The van der Waals surface area contributed by atoms with Gasteiger partial charge in [0, 0.05) is 11.8 Å². The van der Waals surface area contributed by atoms with Crippen LogP contribution in [-0.4, -0.2) is 6.21 Å². The number of anilines is 1. The fourth-order valence-corrected chi connectivity index (χ4v) is 2.92. The number of hydrogen-bond acceptors (Lipinski definition) is 3. The van der Waals surface area contributed by atoms with Gasteiger partial charge in [-0.3, -0.25) is 0 Å². The molecule has 3 aromatic carbocycles. The van der Waals surface area contributed by atoms with Crippen molar-refractivity contribution >= 4 is 45.6 Å². The number of nitrogens with zero attached hydrogens (tertiary/aromatic N) is 1. The minimum Gasteiger partial charge on any atom is -0.310 e. The van der Waals surface area contributed by atoms with E-state index in [2.05, 4.69) is 57.7 Å². The van der Waals surface area contributed by atoms with Gasteiger partial charge in [0.15, 0.2) is 0 Å². The van der Waals surface area contributed by atoms with E-state index in [1.165, 1.54) is 33.7 Å². The van der Waals surface area contributed by atoms with E-state index >= 15 is 0 Å². The van der Waals surface area contributed by atoms with E-state index in [4.69, 9.17) is 0 Å². The lowest BCUT2D eigenvalue weighted by atomic mass is 9.99. The van der Waals surface area contributed by atoms with E-state index in [9.17, 15) is 0 Å². The van der Waals surface area contributed by atoms with Crippen LogP contribution >= 0.6 is 12.1 Å². The monoisotopic (exact) mass is 250 g/mol. The maximum atomic E-state index is 4.19. The molecule has 1 heterocycles. The van der Waals surface area contributed by atoms with Gasteiger partial charge >= 0.3 is 0 Å². The largest absolute Gasteiger partial charge is 0.310 e. The maximum absolute atomic E-state index is 4.19. The molecule has 0 atom stereocenters. The van der Waals surface area contributed by atoms with Gasteiger partial charge in [-0.25, -0.2) is 4.40 Å².